The van der Waals surface area contributed by atoms with Crippen molar-refractivity contribution >= 4 is 30.7 Å². The Kier molecular flexibility index (Phi) is 8.25. The van der Waals surface area contributed by atoms with Crippen LogP contribution >= 0.6 is 24.8 Å². The first-order chi connectivity index (χ1) is 8.51. The molecule has 1 aliphatic heterocycles. The summed E-state index contributed by atoms with van der Waals surface area (Å²) in [5.74, 6) is 0.0108. The van der Waals surface area contributed by atoms with Gasteiger partial charge in [-0.15, -0.1) is 24.8 Å². The molecular formula is C12H23Cl2F2N3O. The van der Waals surface area contributed by atoms with E-state index in [2.05, 4.69) is 0 Å². The molecule has 0 aromatic heterocycles. The highest BCUT2D eigenvalue weighted by Crippen LogP contribution is 2.29. The van der Waals surface area contributed by atoms with Gasteiger partial charge in [0.15, 0.2) is 0 Å². The van der Waals surface area contributed by atoms with Gasteiger partial charge in [-0.1, -0.05) is 12.8 Å². The second-order valence-corrected chi connectivity index (χ2v) is 5.35. The Morgan fingerprint density at radius 1 is 1.10 bits per heavy atom. The molecule has 0 radical (unpaired) electrons. The van der Waals surface area contributed by atoms with E-state index in [1.807, 2.05) is 0 Å². The van der Waals surface area contributed by atoms with Gasteiger partial charge in [0.1, 0.15) is 0 Å². The fourth-order valence-corrected chi connectivity index (χ4v) is 2.86. The molecule has 0 aromatic rings. The van der Waals surface area contributed by atoms with Gasteiger partial charge in [-0.3, -0.25) is 9.69 Å². The van der Waals surface area contributed by atoms with Gasteiger partial charge in [0.05, 0.1) is 12.1 Å². The van der Waals surface area contributed by atoms with Gasteiger partial charge >= 0.3 is 0 Å². The van der Waals surface area contributed by atoms with Gasteiger partial charge < -0.3 is 10.6 Å². The van der Waals surface area contributed by atoms with E-state index in [0.717, 1.165) is 25.7 Å². The molecular weight excluding hydrogens is 311 g/mol. The van der Waals surface area contributed by atoms with Crippen LogP contribution < -0.4 is 5.73 Å². The molecule has 8 heteroatoms. The Hall–Kier alpha value is -0.170. The summed E-state index contributed by atoms with van der Waals surface area (Å²) >= 11 is 0. The summed E-state index contributed by atoms with van der Waals surface area (Å²) in [6.07, 6.45) is 1.22. The van der Waals surface area contributed by atoms with Gasteiger partial charge in [0.25, 0.3) is 6.43 Å². The first-order valence-corrected chi connectivity index (χ1v) is 6.60. The molecule has 4 nitrogen and oxygen atoms in total. The maximum atomic E-state index is 12.3. The predicted octanol–water partition coefficient (Wildman–Crippen LogP) is 1.51. The smallest absolute Gasteiger partial charge is 0.251 e. The van der Waals surface area contributed by atoms with Gasteiger partial charge in [-0.25, -0.2) is 8.78 Å². The Morgan fingerprint density at radius 2 is 1.60 bits per heavy atom. The molecule has 0 unspecified atom stereocenters. The van der Waals surface area contributed by atoms with Crippen LogP contribution in [0.25, 0.3) is 0 Å². The Labute approximate surface area is 130 Å². The largest absolute Gasteiger partial charge is 0.339 e. The van der Waals surface area contributed by atoms with E-state index in [1.54, 1.807) is 9.80 Å². The number of nitrogens with zero attached hydrogens (tertiary/aromatic N) is 2. The van der Waals surface area contributed by atoms with Crippen LogP contribution in [0.2, 0.25) is 0 Å². The van der Waals surface area contributed by atoms with Crippen molar-refractivity contribution in [2.24, 2.45) is 5.73 Å². The molecule has 1 heterocycles. The number of nitrogens with two attached hydrogens (primary N) is 1. The van der Waals surface area contributed by atoms with E-state index in [4.69, 9.17) is 5.73 Å². The van der Waals surface area contributed by atoms with E-state index in [9.17, 15) is 13.6 Å². The summed E-state index contributed by atoms with van der Waals surface area (Å²) in [7, 11) is 0. The van der Waals surface area contributed by atoms with Gasteiger partial charge in [0, 0.05) is 26.2 Å². The Balaban J connectivity index is 0.00000180. The zero-order valence-electron chi connectivity index (χ0n) is 11.4. The number of alkyl halides is 2. The van der Waals surface area contributed by atoms with Crippen LogP contribution in [0.3, 0.4) is 0 Å². The van der Waals surface area contributed by atoms with E-state index >= 15 is 0 Å². The van der Waals surface area contributed by atoms with E-state index in [0.29, 0.717) is 26.2 Å². The minimum atomic E-state index is -2.30. The summed E-state index contributed by atoms with van der Waals surface area (Å²) < 4.78 is 24.5. The summed E-state index contributed by atoms with van der Waals surface area (Å²) in [6, 6.07) is 0. The second kappa shape index (κ2) is 8.32. The third kappa shape index (κ3) is 4.69. The van der Waals surface area contributed by atoms with Gasteiger partial charge in [0.2, 0.25) is 5.91 Å². The monoisotopic (exact) mass is 333 g/mol. The molecule has 2 rings (SSSR count). The van der Waals surface area contributed by atoms with Crippen molar-refractivity contribution in [3.05, 3.63) is 0 Å². The first kappa shape index (κ1) is 19.8. The van der Waals surface area contributed by atoms with E-state index in [1.165, 1.54) is 0 Å². The maximum Gasteiger partial charge on any atom is 0.251 e. The lowest BCUT2D eigenvalue weighted by Crippen LogP contribution is -2.58. The number of hydrogen-bond donors (Lipinski definition) is 1. The molecule has 0 aromatic carbocycles. The van der Waals surface area contributed by atoms with Crippen molar-refractivity contribution in [1.29, 1.82) is 0 Å². The molecule has 0 bridgehead atoms. The van der Waals surface area contributed by atoms with Crippen molar-refractivity contribution < 1.29 is 13.6 Å². The quantitative estimate of drug-likeness (QED) is 0.851. The predicted molar refractivity (Wildman–Crippen MR) is 78.9 cm³/mol. The molecule has 1 saturated carbocycles. The molecule has 120 valence electrons. The zero-order chi connectivity index (χ0) is 13.2. The van der Waals surface area contributed by atoms with E-state index in [-0.39, 0.29) is 37.3 Å². The molecule has 0 spiro atoms. The fraction of sp³-hybridized carbons (Fsp3) is 0.917. The molecule has 2 aliphatic rings. The molecule has 0 atom stereocenters. The van der Waals surface area contributed by atoms with Crippen LogP contribution in [0.4, 0.5) is 8.78 Å². The summed E-state index contributed by atoms with van der Waals surface area (Å²) in [5.41, 5.74) is 5.43. The third-order valence-corrected chi connectivity index (χ3v) is 3.98. The number of rotatable bonds is 3. The average Bonchev–Trinajstić information content (AvgIpc) is 2.77. The molecule has 2 fully saturated rings. The number of carbonyl (C=O) groups excluding carboxylic acids is 1. The van der Waals surface area contributed by atoms with E-state index < -0.39 is 12.0 Å². The highest BCUT2D eigenvalue weighted by molar-refractivity contribution is 5.86. The van der Waals surface area contributed by atoms with Crippen molar-refractivity contribution in [3.8, 4) is 0 Å². The van der Waals surface area contributed by atoms with Gasteiger partial charge in [-0.2, -0.15) is 0 Å². The molecule has 1 saturated heterocycles. The summed E-state index contributed by atoms with van der Waals surface area (Å²) in [5, 5.41) is 0. The molecule has 1 aliphatic carbocycles. The first-order valence-electron chi connectivity index (χ1n) is 6.60. The second-order valence-electron chi connectivity index (χ2n) is 5.35. The maximum absolute atomic E-state index is 12.3. The number of amides is 1. The average molecular weight is 334 g/mol. The number of piperazine rings is 1. The van der Waals surface area contributed by atoms with Crippen molar-refractivity contribution in [2.45, 2.75) is 37.6 Å². The zero-order valence-corrected chi connectivity index (χ0v) is 13.0. The molecule has 20 heavy (non-hydrogen) atoms. The third-order valence-electron chi connectivity index (χ3n) is 3.98. The van der Waals surface area contributed by atoms with Crippen molar-refractivity contribution in [1.82, 2.24) is 9.80 Å². The minimum Gasteiger partial charge on any atom is -0.339 e. The lowest BCUT2D eigenvalue weighted by molar-refractivity contribution is -0.138. The fourth-order valence-electron chi connectivity index (χ4n) is 2.86. The van der Waals surface area contributed by atoms with Crippen LogP contribution in [-0.4, -0.2) is 60.4 Å². The SMILES string of the molecule is Cl.Cl.NC1(C(=O)N2CCN(CC(F)F)CC2)CCCC1. The summed E-state index contributed by atoms with van der Waals surface area (Å²) in [4.78, 5) is 15.7. The normalized spacial score (nSPS) is 22.3. The number of halogens is 4. The summed E-state index contributed by atoms with van der Waals surface area (Å²) in [6.45, 7) is 1.88. The van der Waals surface area contributed by atoms with Crippen molar-refractivity contribution in [3.63, 3.8) is 0 Å². The van der Waals surface area contributed by atoms with Crippen molar-refractivity contribution in [2.75, 3.05) is 32.7 Å². The number of hydrogen-bond acceptors (Lipinski definition) is 3. The van der Waals surface area contributed by atoms with Crippen LogP contribution in [-0.2, 0) is 4.79 Å². The van der Waals surface area contributed by atoms with Crippen LogP contribution in [0.15, 0.2) is 0 Å². The minimum absolute atomic E-state index is 0. The molecule has 2 N–H and O–H groups in total. The van der Waals surface area contributed by atoms with Crippen LogP contribution in [0, 0.1) is 0 Å². The molecule has 1 amide bonds. The highest BCUT2D eigenvalue weighted by Gasteiger charge is 2.40. The Bertz CT molecular complexity index is 307. The number of carbonyl (C=O) groups is 1. The topological polar surface area (TPSA) is 49.6 Å². The standard InChI is InChI=1S/C12H21F2N3O.2ClH/c13-10(14)9-16-5-7-17(8-6-16)11(18)12(15)3-1-2-4-12;;/h10H,1-9,15H2;2*1H. The lowest BCUT2D eigenvalue weighted by atomic mass is 9.97. The van der Waals surface area contributed by atoms with Gasteiger partial charge in [-0.05, 0) is 12.8 Å². The lowest BCUT2D eigenvalue weighted by Gasteiger charge is -2.38. The van der Waals surface area contributed by atoms with Crippen LogP contribution in [0.1, 0.15) is 25.7 Å². The van der Waals surface area contributed by atoms with Crippen LogP contribution in [0.5, 0.6) is 0 Å². The highest BCUT2D eigenvalue weighted by atomic mass is 35.5. The Morgan fingerprint density at radius 3 is 2.05 bits per heavy atom.